The van der Waals surface area contributed by atoms with Gasteiger partial charge in [-0.3, -0.25) is 9.78 Å². The number of hydrogen-bond acceptors (Lipinski definition) is 4. The molecular weight excluding hydrogens is 204 g/mol. The van der Waals surface area contributed by atoms with E-state index in [1.54, 1.807) is 12.4 Å². The number of nitrogens with one attached hydrogen (secondary N) is 1. The molecule has 0 fully saturated rings. The Morgan fingerprint density at radius 3 is 3.00 bits per heavy atom. The fourth-order valence-electron chi connectivity index (χ4n) is 1.54. The maximum atomic E-state index is 11.3. The summed E-state index contributed by atoms with van der Waals surface area (Å²) in [5, 5.41) is 0. The number of aryl methyl sites for hydroxylation is 1. The molecule has 82 valence electrons. The lowest BCUT2D eigenvalue weighted by Gasteiger charge is -2.06. The summed E-state index contributed by atoms with van der Waals surface area (Å²) in [6, 6.07) is 3.08. The number of aromatic amines is 1. The SMILES string of the molecule is CCc1cnccc1-c1nc(N)cc(=O)[nH]1. The fraction of sp³-hybridized carbons (Fsp3) is 0.182. The van der Waals surface area contributed by atoms with Crippen LogP contribution in [0.1, 0.15) is 12.5 Å². The van der Waals surface area contributed by atoms with Crippen LogP contribution >= 0.6 is 0 Å². The van der Waals surface area contributed by atoms with Gasteiger partial charge in [-0.15, -0.1) is 0 Å². The van der Waals surface area contributed by atoms with Crippen molar-refractivity contribution in [3.05, 3.63) is 40.4 Å². The van der Waals surface area contributed by atoms with Crippen LogP contribution in [0.4, 0.5) is 5.82 Å². The Morgan fingerprint density at radius 1 is 1.50 bits per heavy atom. The van der Waals surface area contributed by atoms with Crippen molar-refractivity contribution in [1.82, 2.24) is 15.0 Å². The highest BCUT2D eigenvalue weighted by Gasteiger charge is 2.06. The normalized spacial score (nSPS) is 10.3. The Morgan fingerprint density at radius 2 is 2.31 bits per heavy atom. The summed E-state index contributed by atoms with van der Waals surface area (Å²) in [7, 11) is 0. The Balaban J connectivity index is 2.62. The molecule has 3 N–H and O–H groups in total. The number of H-pyrrole nitrogens is 1. The lowest BCUT2D eigenvalue weighted by molar-refractivity contribution is 1.07. The van der Waals surface area contributed by atoms with Crippen molar-refractivity contribution in [3.8, 4) is 11.4 Å². The molecule has 2 aromatic rings. The molecule has 0 aromatic carbocycles. The topological polar surface area (TPSA) is 84.7 Å². The summed E-state index contributed by atoms with van der Waals surface area (Å²) >= 11 is 0. The lowest BCUT2D eigenvalue weighted by Crippen LogP contribution is -2.10. The minimum atomic E-state index is -0.249. The van der Waals surface area contributed by atoms with Gasteiger partial charge in [-0.25, -0.2) is 4.98 Å². The average molecular weight is 216 g/mol. The van der Waals surface area contributed by atoms with Gasteiger partial charge in [0.25, 0.3) is 5.56 Å². The largest absolute Gasteiger partial charge is 0.383 e. The van der Waals surface area contributed by atoms with Gasteiger partial charge < -0.3 is 10.7 Å². The third-order valence-corrected chi connectivity index (χ3v) is 2.30. The molecule has 0 unspecified atom stereocenters. The fourth-order valence-corrected chi connectivity index (χ4v) is 1.54. The van der Waals surface area contributed by atoms with Crippen molar-refractivity contribution in [2.75, 3.05) is 5.73 Å². The molecule has 0 saturated heterocycles. The summed E-state index contributed by atoms with van der Waals surface area (Å²) < 4.78 is 0. The van der Waals surface area contributed by atoms with Crippen LogP contribution in [0.5, 0.6) is 0 Å². The second-order valence-electron chi connectivity index (χ2n) is 3.41. The van der Waals surface area contributed by atoms with Gasteiger partial charge in [0.1, 0.15) is 11.6 Å². The first kappa shape index (κ1) is 10.4. The highest BCUT2D eigenvalue weighted by molar-refractivity contribution is 5.60. The number of anilines is 1. The predicted molar refractivity (Wildman–Crippen MR) is 61.9 cm³/mol. The Hall–Kier alpha value is -2.17. The molecule has 0 aliphatic heterocycles. The highest BCUT2D eigenvalue weighted by Crippen LogP contribution is 2.18. The molecule has 0 bridgehead atoms. The number of hydrogen-bond donors (Lipinski definition) is 2. The molecule has 0 aliphatic carbocycles. The summed E-state index contributed by atoms with van der Waals surface area (Å²) in [4.78, 5) is 22.1. The van der Waals surface area contributed by atoms with Crippen LogP contribution in [0.15, 0.2) is 29.3 Å². The Kier molecular flexibility index (Phi) is 2.68. The monoisotopic (exact) mass is 216 g/mol. The van der Waals surface area contributed by atoms with E-state index in [1.165, 1.54) is 6.07 Å². The van der Waals surface area contributed by atoms with Crippen LogP contribution in [0.3, 0.4) is 0 Å². The molecule has 2 aromatic heterocycles. The molecule has 2 rings (SSSR count). The van der Waals surface area contributed by atoms with Gasteiger partial charge in [-0.05, 0) is 18.1 Å². The van der Waals surface area contributed by atoms with Crippen LogP contribution in [-0.2, 0) is 6.42 Å². The van der Waals surface area contributed by atoms with E-state index in [9.17, 15) is 4.79 Å². The maximum Gasteiger partial charge on any atom is 0.253 e. The summed E-state index contributed by atoms with van der Waals surface area (Å²) in [6.45, 7) is 2.02. The summed E-state index contributed by atoms with van der Waals surface area (Å²) in [6.07, 6.45) is 4.25. The number of nitrogens with two attached hydrogens (primary N) is 1. The summed E-state index contributed by atoms with van der Waals surface area (Å²) in [5.41, 5.74) is 7.18. The van der Waals surface area contributed by atoms with E-state index >= 15 is 0 Å². The van der Waals surface area contributed by atoms with E-state index in [-0.39, 0.29) is 11.4 Å². The number of pyridine rings is 1. The van der Waals surface area contributed by atoms with Crippen LogP contribution in [-0.4, -0.2) is 15.0 Å². The third kappa shape index (κ3) is 1.93. The van der Waals surface area contributed by atoms with E-state index in [1.807, 2.05) is 13.0 Å². The molecule has 0 amide bonds. The zero-order valence-corrected chi connectivity index (χ0v) is 8.90. The van der Waals surface area contributed by atoms with Crippen LogP contribution < -0.4 is 11.3 Å². The highest BCUT2D eigenvalue weighted by atomic mass is 16.1. The molecule has 16 heavy (non-hydrogen) atoms. The smallest absolute Gasteiger partial charge is 0.253 e. The zero-order valence-electron chi connectivity index (χ0n) is 8.90. The molecule has 0 radical (unpaired) electrons. The van der Waals surface area contributed by atoms with E-state index in [4.69, 9.17) is 5.73 Å². The minimum absolute atomic E-state index is 0.220. The zero-order chi connectivity index (χ0) is 11.5. The van der Waals surface area contributed by atoms with Gasteiger partial charge in [0.15, 0.2) is 0 Å². The summed E-state index contributed by atoms with van der Waals surface area (Å²) in [5.74, 6) is 0.710. The number of nitrogens with zero attached hydrogens (tertiary/aromatic N) is 2. The molecule has 0 spiro atoms. The second kappa shape index (κ2) is 4.14. The second-order valence-corrected chi connectivity index (χ2v) is 3.41. The third-order valence-electron chi connectivity index (χ3n) is 2.30. The first-order valence-electron chi connectivity index (χ1n) is 5.01. The Labute approximate surface area is 92.4 Å². The number of nitrogen functional groups attached to an aromatic ring is 1. The Bertz CT molecular complexity index is 562. The lowest BCUT2D eigenvalue weighted by atomic mass is 10.1. The van der Waals surface area contributed by atoms with Gasteiger partial charge in [-0.2, -0.15) is 0 Å². The first-order chi connectivity index (χ1) is 7.70. The van der Waals surface area contributed by atoms with Crippen LogP contribution in [0.2, 0.25) is 0 Å². The first-order valence-corrected chi connectivity index (χ1v) is 5.01. The van der Waals surface area contributed by atoms with E-state index < -0.39 is 0 Å². The van der Waals surface area contributed by atoms with Crippen LogP contribution in [0, 0.1) is 0 Å². The molecule has 5 nitrogen and oxygen atoms in total. The number of rotatable bonds is 2. The number of aromatic nitrogens is 3. The van der Waals surface area contributed by atoms with Gasteiger partial charge in [0.05, 0.1) is 0 Å². The standard InChI is InChI=1S/C11H12N4O/c1-2-7-6-13-4-3-8(7)11-14-9(12)5-10(16)15-11/h3-6H,2H2,1H3,(H3,12,14,15,16). The quantitative estimate of drug-likeness (QED) is 0.783. The molecule has 0 saturated carbocycles. The molecule has 0 aliphatic rings. The van der Waals surface area contributed by atoms with Gasteiger partial charge in [0.2, 0.25) is 0 Å². The molecule has 2 heterocycles. The molecular formula is C11H12N4O. The van der Waals surface area contributed by atoms with Crippen molar-refractivity contribution < 1.29 is 0 Å². The van der Waals surface area contributed by atoms with Gasteiger partial charge in [0, 0.05) is 24.0 Å². The van der Waals surface area contributed by atoms with Crippen molar-refractivity contribution >= 4 is 5.82 Å². The predicted octanol–water partition coefficient (Wildman–Crippen LogP) is 0.976. The van der Waals surface area contributed by atoms with Crippen LogP contribution in [0.25, 0.3) is 11.4 Å². The van der Waals surface area contributed by atoms with Gasteiger partial charge in [-0.1, -0.05) is 6.92 Å². The van der Waals surface area contributed by atoms with Crippen molar-refractivity contribution in [2.45, 2.75) is 13.3 Å². The van der Waals surface area contributed by atoms with Gasteiger partial charge >= 0.3 is 0 Å². The van der Waals surface area contributed by atoms with E-state index in [0.29, 0.717) is 5.82 Å². The average Bonchev–Trinajstić information content (AvgIpc) is 2.27. The van der Waals surface area contributed by atoms with E-state index in [2.05, 4.69) is 15.0 Å². The molecule has 5 heteroatoms. The maximum absolute atomic E-state index is 11.3. The van der Waals surface area contributed by atoms with Crippen molar-refractivity contribution in [3.63, 3.8) is 0 Å². The van der Waals surface area contributed by atoms with Crippen molar-refractivity contribution in [1.29, 1.82) is 0 Å². The van der Waals surface area contributed by atoms with E-state index in [0.717, 1.165) is 17.5 Å². The molecule has 0 atom stereocenters. The van der Waals surface area contributed by atoms with Crippen molar-refractivity contribution in [2.24, 2.45) is 0 Å². The minimum Gasteiger partial charge on any atom is -0.383 e.